The van der Waals surface area contributed by atoms with E-state index < -0.39 is 5.97 Å². The molecular weight excluding hydrogens is 560 g/mol. The monoisotopic (exact) mass is 590 g/mol. The van der Waals surface area contributed by atoms with Crippen LogP contribution in [0.4, 0.5) is 17.1 Å². The summed E-state index contributed by atoms with van der Waals surface area (Å²) in [6.45, 7) is 4.85. The van der Waals surface area contributed by atoms with Gasteiger partial charge in [0.1, 0.15) is 0 Å². The van der Waals surface area contributed by atoms with Gasteiger partial charge in [0, 0.05) is 35.7 Å². The van der Waals surface area contributed by atoms with Gasteiger partial charge >= 0.3 is 5.97 Å². The van der Waals surface area contributed by atoms with E-state index >= 15 is 0 Å². The van der Waals surface area contributed by atoms with E-state index in [9.17, 15) is 14.4 Å². The molecule has 202 valence electrons. The van der Waals surface area contributed by atoms with Crippen molar-refractivity contribution in [3.63, 3.8) is 0 Å². The third-order valence-corrected chi connectivity index (χ3v) is 6.88. The Kier molecular flexibility index (Phi) is 8.83. The Bertz CT molecular complexity index is 1440. The van der Waals surface area contributed by atoms with Gasteiger partial charge in [0.25, 0.3) is 5.91 Å². The third-order valence-electron chi connectivity index (χ3n) is 6.25. The van der Waals surface area contributed by atoms with Gasteiger partial charge in [-0.2, -0.15) is 0 Å². The van der Waals surface area contributed by atoms with Crippen LogP contribution in [0.2, 0.25) is 0 Å². The summed E-state index contributed by atoms with van der Waals surface area (Å²) in [4.78, 5) is 41.6. The van der Waals surface area contributed by atoms with Gasteiger partial charge in [-0.3, -0.25) is 9.59 Å². The lowest BCUT2D eigenvalue weighted by atomic mass is 9.99. The molecule has 2 N–H and O–H groups in total. The highest BCUT2D eigenvalue weighted by molar-refractivity contribution is 9.10. The maximum Gasteiger partial charge on any atom is 0.338 e. The van der Waals surface area contributed by atoms with E-state index in [0.717, 1.165) is 28.0 Å². The lowest BCUT2D eigenvalue weighted by molar-refractivity contribution is -0.116. The molecule has 0 radical (unpaired) electrons. The summed E-state index contributed by atoms with van der Waals surface area (Å²) in [6, 6.07) is 20.3. The fraction of sp³-hybridized carbons (Fsp3) is 0.233. The highest BCUT2D eigenvalue weighted by Crippen LogP contribution is 2.39. The molecule has 9 heteroatoms. The first-order valence-corrected chi connectivity index (χ1v) is 13.4. The zero-order valence-electron chi connectivity index (χ0n) is 22.4. The molecule has 0 atom stereocenters. The molecule has 1 heterocycles. The topological polar surface area (TPSA) is 91.0 Å². The number of anilines is 3. The number of carbonyl (C=O) groups excluding carboxylic acids is 3. The molecule has 1 aliphatic rings. The number of halogens is 1. The van der Waals surface area contributed by atoms with E-state index in [1.807, 2.05) is 67.5 Å². The van der Waals surface area contributed by atoms with Gasteiger partial charge < -0.3 is 25.2 Å². The number of fused-ring (bicyclic) bond motifs is 1. The fourth-order valence-corrected chi connectivity index (χ4v) is 4.93. The van der Waals surface area contributed by atoms with Crippen molar-refractivity contribution in [1.29, 1.82) is 0 Å². The van der Waals surface area contributed by atoms with Crippen molar-refractivity contribution in [3.8, 4) is 0 Å². The molecule has 0 saturated heterocycles. The average Bonchev–Trinajstić information content (AvgIpc) is 3.23. The van der Waals surface area contributed by atoms with E-state index in [0.29, 0.717) is 34.6 Å². The second kappa shape index (κ2) is 12.3. The van der Waals surface area contributed by atoms with Crippen molar-refractivity contribution in [3.05, 3.63) is 87.9 Å². The number of amides is 2. The molecule has 0 saturated carbocycles. The summed E-state index contributed by atoms with van der Waals surface area (Å²) in [6.07, 6.45) is 0. The van der Waals surface area contributed by atoms with Gasteiger partial charge in [-0.15, -0.1) is 0 Å². The maximum atomic E-state index is 13.3. The molecule has 1 aliphatic heterocycles. The number of rotatable bonds is 9. The number of hydrogen-bond donors (Lipinski definition) is 2. The molecule has 8 nitrogen and oxygen atoms in total. The summed E-state index contributed by atoms with van der Waals surface area (Å²) in [5.41, 5.74) is 5.00. The van der Waals surface area contributed by atoms with E-state index in [-0.39, 0.29) is 18.4 Å². The fourth-order valence-electron chi connectivity index (χ4n) is 4.34. The molecule has 0 bridgehead atoms. The van der Waals surface area contributed by atoms with E-state index in [1.165, 1.54) is 0 Å². The lowest BCUT2D eigenvalue weighted by Gasteiger charge is -2.25. The smallest absolute Gasteiger partial charge is 0.338 e. The van der Waals surface area contributed by atoms with Crippen LogP contribution >= 0.6 is 15.9 Å². The van der Waals surface area contributed by atoms with Gasteiger partial charge in [0.05, 0.1) is 34.8 Å². The van der Waals surface area contributed by atoms with Crippen LogP contribution in [0.15, 0.2) is 71.2 Å². The first-order chi connectivity index (χ1) is 18.7. The molecule has 4 rings (SSSR count). The Morgan fingerprint density at radius 3 is 2.36 bits per heavy atom. The van der Waals surface area contributed by atoms with Crippen LogP contribution in [-0.4, -0.2) is 56.5 Å². The highest BCUT2D eigenvalue weighted by atomic mass is 79.9. The van der Waals surface area contributed by atoms with Gasteiger partial charge in [-0.05, 0) is 72.8 Å². The molecule has 0 spiro atoms. The summed E-state index contributed by atoms with van der Waals surface area (Å²) >= 11 is 3.64. The SMILES string of the molecule is CCOC(=O)c1ccc2c(c1)NC(=O)/C2=C(/Nc1ccc(N(CCN(C)C)C(C)=O)c(Br)c1)c1ccccc1. The van der Waals surface area contributed by atoms with E-state index in [4.69, 9.17) is 4.74 Å². The first kappa shape index (κ1) is 28.1. The van der Waals surface area contributed by atoms with Gasteiger partial charge in [0.2, 0.25) is 5.91 Å². The normalized spacial score (nSPS) is 13.5. The molecule has 3 aromatic carbocycles. The predicted molar refractivity (Wildman–Crippen MR) is 159 cm³/mol. The number of carbonyl (C=O) groups is 3. The summed E-state index contributed by atoms with van der Waals surface area (Å²) < 4.78 is 5.85. The quantitative estimate of drug-likeness (QED) is 0.253. The van der Waals surface area contributed by atoms with Crippen molar-refractivity contribution < 1.29 is 19.1 Å². The van der Waals surface area contributed by atoms with Crippen molar-refractivity contribution in [1.82, 2.24) is 4.90 Å². The molecule has 0 fully saturated rings. The number of benzene rings is 3. The number of ether oxygens (including phenoxy) is 1. The van der Waals surface area contributed by atoms with E-state index in [2.05, 4.69) is 26.6 Å². The minimum atomic E-state index is -0.441. The van der Waals surface area contributed by atoms with Crippen LogP contribution in [-0.2, 0) is 14.3 Å². The van der Waals surface area contributed by atoms with Crippen molar-refractivity contribution >= 4 is 62.0 Å². The Morgan fingerprint density at radius 1 is 0.974 bits per heavy atom. The molecule has 3 aromatic rings. The molecule has 0 aliphatic carbocycles. The Labute approximate surface area is 236 Å². The molecule has 39 heavy (non-hydrogen) atoms. The van der Waals surface area contributed by atoms with Crippen LogP contribution < -0.4 is 15.5 Å². The Morgan fingerprint density at radius 2 is 1.72 bits per heavy atom. The van der Waals surface area contributed by atoms with Crippen LogP contribution in [0.1, 0.15) is 35.3 Å². The third kappa shape index (κ3) is 6.38. The summed E-state index contributed by atoms with van der Waals surface area (Å²) in [7, 11) is 3.93. The largest absolute Gasteiger partial charge is 0.462 e. The number of hydrogen-bond acceptors (Lipinski definition) is 6. The number of nitrogens with zero attached hydrogens (tertiary/aromatic N) is 2. The zero-order chi connectivity index (χ0) is 28.1. The number of likely N-dealkylation sites (N-methyl/N-ethyl adjacent to an activating group) is 1. The summed E-state index contributed by atoms with van der Waals surface area (Å²) in [5.74, 6) is -0.769. The molecule has 2 amide bonds. The Hall–Kier alpha value is -3.95. The Balaban J connectivity index is 1.74. The van der Waals surface area contributed by atoms with Crippen LogP contribution in [0.25, 0.3) is 11.3 Å². The molecule has 0 unspecified atom stereocenters. The minimum absolute atomic E-state index is 0.0493. The van der Waals surface area contributed by atoms with E-state index in [1.54, 1.807) is 36.9 Å². The minimum Gasteiger partial charge on any atom is -0.462 e. The zero-order valence-corrected chi connectivity index (χ0v) is 24.0. The number of esters is 1. The van der Waals surface area contributed by atoms with Crippen molar-refractivity contribution in [2.24, 2.45) is 0 Å². The van der Waals surface area contributed by atoms with Crippen LogP contribution in [0.5, 0.6) is 0 Å². The lowest BCUT2D eigenvalue weighted by Crippen LogP contribution is -2.35. The standard InChI is InChI=1S/C30H31BrN4O4/c1-5-39-30(38)21-11-13-23-25(17-21)33-29(37)27(23)28(20-9-7-6-8-10-20)32-22-12-14-26(24(31)18-22)35(19(2)36)16-15-34(3)4/h6-14,17-18,32H,5,15-16H2,1-4H3,(H,33,37)/b28-27+. The summed E-state index contributed by atoms with van der Waals surface area (Å²) in [5, 5.41) is 6.33. The second-order valence-electron chi connectivity index (χ2n) is 9.32. The van der Waals surface area contributed by atoms with Crippen molar-refractivity contribution in [2.45, 2.75) is 13.8 Å². The molecule has 0 aromatic heterocycles. The van der Waals surface area contributed by atoms with Gasteiger partial charge in [-0.25, -0.2) is 4.79 Å². The highest BCUT2D eigenvalue weighted by Gasteiger charge is 2.29. The second-order valence-corrected chi connectivity index (χ2v) is 10.2. The first-order valence-electron chi connectivity index (χ1n) is 12.6. The van der Waals surface area contributed by atoms with Crippen molar-refractivity contribution in [2.75, 3.05) is 49.3 Å². The maximum absolute atomic E-state index is 13.3. The predicted octanol–water partition coefficient (Wildman–Crippen LogP) is 5.47. The van der Waals surface area contributed by atoms with Gasteiger partial charge in [-0.1, -0.05) is 36.4 Å². The average molecular weight is 592 g/mol. The van der Waals surface area contributed by atoms with Gasteiger partial charge in [0.15, 0.2) is 0 Å². The van der Waals surface area contributed by atoms with Crippen LogP contribution in [0, 0.1) is 0 Å². The number of nitrogens with one attached hydrogen (secondary N) is 2. The molecular formula is C30H31BrN4O4. The van der Waals surface area contributed by atoms with Crippen LogP contribution in [0.3, 0.4) is 0 Å².